The topological polar surface area (TPSA) is 33.6 Å². The summed E-state index contributed by atoms with van der Waals surface area (Å²) in [5, 5.41) is 5.68. The molecule has 18 heavy (non-hydrogen) atoms. The maximum atomic E-state index is 5.11. The fraction of sp³-hybridized carbons (Fsp3) is 0.143. The van der Waals surface area contributed by atoms with Crippen LogP contribution in [0.15, 0.2) is 42.5 Å². The van der Waals surface area contributed by atoms with Crippen molar-refractivity contribution in [3.8, 4) is 0 Å². The molecule has 3 rings (SSSR count). The number of aryl methyl sites for hydroxylation is 1. The highest BCUT2D eigenvalue weighted by Crippen LogP contribution is 2.20. The number of fused-ring (bicyclic) bond motifs is 1. The summed E-state index contributed by atoms with van der Waals surface area (Å²) in [6.07, 6.45) is 0.770. The predicted molar refractivity (Wildman–Crippen MR) is 75.1 cm³/mol. The van der Waals surface area contributed by atoms with Crippen LogP contribution in [0, 0.1) is 4.77 Å². The lowest BCUT2D eigenvalue weighted by atomic mass is 10.0. The van der Waals surface area contributed by atoms with Gasteiger partial charge in [0.2, 0.25) is 4.77 Å². The first-order chi connectivity index (χ1) is 8.74. The van der Waals surface area contributed by atoms with Gasteiger partial charge in [-0.25, -0.2) is 4.98 Å². The Labute approximate surface area is 110 Å². The molecule has 0 aliphatic heterocycles. The van der Waals surface area contributed by atoms with E-state index in [4.69, 9.17) is 12.2 Å². The fourth-order valence-corrected chi connectivity index (χ4v) is 2.32. The number of H-pyrrole nitrogens is 1. The molecular weight excluding hydrogens is 242 g/mol. The molecule has 0 amide bonds. The normalized spacial score (nSPS) is 10.9. The van der Waals surface area contributed by atoms with Crippen molar-refractivity contribution in [2.75, 3.05) is 0 Å². The van der Waals surface area contributed by atoms with E-state index in [1.807, 2.05) is 7.05 Å². The molecule has 2 aromatic carbocycles. The molecule has 0 fully saturated rings. The van der Waals surface area contributed by atoms with Gasteiger partial charge in [0.05, 0.1) is 0 Å². The van der Waals surface area contributed by atoms with E-state index in [1.165, 1.54) is 16.3 Å². The van der Waals surface area contributed by atoms with Gasteiger partial charge in [0.15, 0.2) is 0 Å². The van der Waals surface area contributed by atoms with E-state index in [0.717, 1.165) is 12.2 Å². The van der Waals surface area contributed by atoms with Crippen LogP contribution in [0.5, 0.6) is 0 Å². The van der Waals surface area contributed by atoms with E-state index in [-0.39, 0.29) is 0 Å². The molecule has 0 bridgehead atoms. The third-order valence-electron chi connectivity index (χ3n) is 3.05. The number of benzene rings is 2. The number of hydrogen-bond acceptors (Lipinski definition) is 2. The summed E-state index contributed by atoms with van der Waals surface area (Å²) in [6.45, 7) is 0. The monoisotopic (exact) mass is 255 g/mol. The molecule has 1 aromatic heterocycles. The van der Waals surface area contributed by atoms with Gasteiger partial charge in [-0.15, -0.1) is 0 Å². The van der Waals surface area contributed by atoms with Gasteiger partial charge in [-0.05, 0) is 28.6 Å². The largest absolute Gasteiger partial charge is 0.283 e. The smallest absolute Gasteiger partial charge is 0.215 e. The predicted octanol–water partition coefficient (Wildman–Crippen LogP) is 3.22. The van der Waals surface area contributed by atoms with Crippen LogP contribution in [-0.4, -0.2) is 14.8 Å². The summed E-state index contributed by atoms with van der Waals surface area (Å²) in [4.78, 5) is 4.33. The first kappa shape index (κ1) is 11.2. The molecule has 0 radical (unpaired) electrons. The molecule has 90 valence electrons. The van der Waals surface area contributed by atoms with Gasteiger partial charge in [0.25, 0.3) is 0 Å². The van der Waals surface area contributed by atoms with Crippen molar-refractivity contribution in [3.05, 3.63) is 58.6 Å². The lowest BCUT2D eigenvalue weighted by molar-refractivity contribution is 0.740. The molecule has 0 aliphatic carbocycles. The average Bonchev–Trinajstić information content (AvgIpc) is 2.69. The first-order valence-corrected chi connectivity index (χ1v) is 6.23. The van der Waals surface area contributed by atoms with Crippen LogP contribution in [0.2, 0.25) is 0 Å². The van der Waals surface area contributed by atoms with Crippen molar-refractivity contribution in [2.45, 2.75) is 6.42 Å². The summed E-state index contributed by atoms with van der Waals surface area (Å²) in [5.41, 5.74) is 1.26. The molecule has 1 N–H and O–H groups in total. The van der Waals surface area contributed by atoms with Crippen LogP contribution in [0.25, 0.3) is 10.8 Å². The molecule has 0 saturated carbocycles. The zero-order valence-electron chi connectivity index (χ0n) is 10.1. The Morgan fingerprint density at radius 1 is 1.17 bits per heavy atom. The number of aromatic nitrogens is 3. The second-order valence-corrected chi connectivity index (χ2v) is 4.69. The van der Waals surface area contributed by atoms with Crippen LogP contribution in [0.3, 0.4) is 0 Å². The molecule has 1 heterocycles. The zero-order valence-corrected chi connectivity index (χ0v) is 10.9. The van der Waals surface area contributed by atoms with E-state index in [9.17, 15) is 0 Å². The quantitative estimate of drug-likeness (QED) is 0.713. The molecule has 0 aliphatic rings. The van der Waals surface area contributed by atoms with Crippen molar-refractivity contribution in [1.82, 2.24) is 14.8 Å². The van der Waals surface area contributed by atoms with Gasteiger partial charge in [0, 0.05) is 13.5 Å². The molecule has 3 nitrogen and oxygen atoms in total. The van der Waals surface area contributed by atoms with E-state index in [0.29, 0.717) is 4.77 Å². The number of aromatic amines is 1. The highest BCUT2D eigenvalue weighted by Gasteiger charge is 2.04. The van der Waals surface area contributed by atoms with Crippen LogP contribution in [0.4, 0.5) is 0 Å². The Bertz CT molecular complexity index is 750. The number of nitrogens with one attached hydrogen (secondary N) is 1. The molecule has 0 atom stereocenters. The maximum absolute atomic E-state index is 5.11. The number of rotatable bonds is 2. The van der Waals surface area contributed by atoms with Crippen molar-refractivity contribution in [3.63, 3.8) is 0 Å². The van der Waals surface area contributed by atoms with Crippen LogP contribution in [0.1, 0.15) is 11.4 Å². The highest BCUT2D eigenvalue weighted by atomic mass is 32.1. The van der Waals surface area contributed by atoms with E-state index in [1.54, 1.807) is 4.68 Å². The molecule has 4 heteroatoms. The van der Waals surface area contributed by atoms with Gasteiger partial charge < -0.3 is 0 Å². The third kappa shape index (κ3) is 1.95. The minimum atomic E-state index is 0.588. The summed E-state index contributed by atoms with van der Waals surface area (Å²) in [5.74, 6) is 0.902. The zero-order chi connectivity index (χ0) is 12.5. The Morgan fingerprint density at radius 3 is 2.72 bits per heavy atom. The summed E-state index contributed by atoms with van der Waals surface area (Å²) in [7, 11) is 1.88. The molecule has 3 aromatic rings. The summed E-state index contributed by atoms with van der Waals surface area (Å²) < 4.78 is 2.35. The second kappa shape index (κ2) is 4.38. The van der Waals surface area contributed by atoms with Crippen molar-refractivity contribution in [1.29, 1.82) is 0 Å². The number of nitrogens with zero attached hydrogens (tertiary/aromatic N) is 2. The first-order valence-electron chi connectivity index (χ1n) is 5.82. The Morgan fingerprint density at radius 2 is 1.94 bits per heavy atom. The Kier molecular flexibility index (Phi) is 2.72. The summed E-state index contributed by atoms with van der Waals surface area (Å²) >= 11 is 5.11. The van der Waals surface area contributed by atoms with Gasteiger partial charge in [-0.2, -0.15) is 0 Å². The van der Waals surface area contributed by atoms with Gasteiger partial charge in [0.1, 0.15) is 5.82 Å². The Hall–Kier alpha value is -1.94. The highest BCUT2D eigenvalue weighted by molar-refractivity contribution is 7.71. The minimum absolute atomic E-state index is 0.588. The second-order valence-electron chi connectivity index (χ2n) is 4.33. The van der Waals surface area contributed by atoms with Crippen LogP contribution in [-0.2, 0) is 13.5 Å². The van der Waals surface area contributed by atoms with E-state index in [2.05, 4.69) is 52.5 Å². The Balaban J connectivity index is 2.07. The van der Waals surface area contributed by atoms with Gasteiger partial charge >= 0.3 is 0 Å². The van der Waals surface area contributed by atoms with Crippen LogP contribution < -0.4 is 0 Å². The third-order valence-corrected chi connectivity index (χ3v) is 3.42. The minimum Gasteiger partial charge on any atom is -0.283 e. The van der Waals surface area contributed by atoms with E-state index < -0.39 is 0 Å². The van der Waals surface area contributed by atoms with E-state index >= 15 is 0 Å². The van der Waals surface area contributed by atoms with Crippen LogP contribution >= 0.6 is 12.2 Å². The number of hydrogen-bond donors (Lipinski definition) is 1. The average molecular weight is 255 g/mol. The van der Waals surface area contributed by atoms with Crippen molar-refractivity contribution < 1.29 is 0 Å². The fourth-order valence-electron chi connectivity index (χ4n) is 2.16. The SMILES string of the molecule is Cn1[nH]c(Cc2cccc3ccccc23)nc1=S. The van der Waals surface area contributed by atoms with Gasteiger partial charge in [-0.3, -0.25) is 9.78 Å². The van der Waals surface area contributed by atoms with Crippen molar-refractivity contribution in [2.24, 2.45) is 7.05 Å². The molecule has 0 spiro atoms. The summed E-state index contributed by atoms with van der Waals surface area (Å²) in [6, 6.07) is 14.7. The molecule has 0 saturated heterocycles. The standard InChI is InChI=1S/C14H13N3S/c1-17-14(18)15-13(16-17)9-11-7-4-6-10-5-2-3-8-12(10)11/h2-8H,9H2,1H3,(H,15,16,18). The lowest BCUT2D eigenvalue weighted by Gasteiger charge is -2.04. The molecule has 0 unspecified atom stereocenters. The lowest BCUT2D eigenvalue weighted by Crippen LogP contribution is -1.94. The maximum Gasteiger partial charge on any atom is 0.215 e. The van der Waals surface area contributed by atoms with Gasteiger partial charge in [-0.1, -0.05) is 42.5 Å². The molecular formula is C14H13N3S. The van der Waals surface area contributed by atoms with Crippen molar-refractivity contribution >= 4 is 23.0 Å².